The van der Waals surface area contributed by atoms with E-state index in [1.54, 1.807) is 24.5 Å². The molecule has 4 heteroatoms. The zero-order valence-electron chi connectivity index (χ0n) is 10.7. The van der Waals surface area contributed by atoms with E-state index in [1.165, 1.54) is 5.56 Å². The number of rotatable bonds is 4. The molecule has 0 N–H and O–H groups in total. The van der Waals surface area contributed by atoms with Gasteiger partial charge in [0.25, 0.3) is 0 Å². The molecule has 0 saturated carbocycles. The summed E-state index contributed by atoms with van der Waals surface area (Å²) in [5, 5.41) is 9.76. The molecule has 0 aliphatic heterocycles. The highest BCUT2D eigenvalue weighted by Gasteiger charge is 2.08. The van der Waals surface area contributed by atoms with Crippen molar-refractivity contribution in [3.05, 3.63) is 58.9 Å². The number of nitriles is 1. The van der Waals surface area contributed by atoms with E-state index in [1.807, 2.05) is 30.1 Å². The van der Waals surface area contributed by atoms with Gasteiger partial charge in [-0.3, -0.25) is 4.98 Å². The van der Waals surface area contributed by atoms with Gasteiger partial charge in [-0.15, -0.1) is 0 Å². The Morgan fingerprint density at radius 2 is 2.00 bits per heavy atom. The quantitative estimate of drug-likeness (QED) is 0.857. The highest BCUT2D eigenvalue weighted by molar-refractivity contribution is 6.30. The fourth-order valence-electron chi connectivity index (χ4n) is 1.88. The Morgan fingerprint density at radius 3 is 2.68 bits per heavy atom. The highest BCUT2D eigenvalue weighted by Crippen LogP contribution is 2.23. The fraction of sp³-hybridized carbons (Fsp3) is 0.200. The van der Waals surface area contributed by atoms with Crippen molar-refractivity contribution in [3.8, 4) is 6.07 Å². The molecule has 0 bridgehead atoms. The normalized spacial score (nSPS) is 9.95. The predicted molar refractivity (Wildman–Crippen MR) is 77.4 cm³/mol. The molecule has 0 radical (unpaired) electrons. The van der Waals surface area contributed by atoms with Gasteiger partial charge in [-0.05, 0) is 42.3 Å². The van der Waals surface area contributed by atoms with Gasteiger partial charge in [0.15, 0.2) is 0 Å². The van der Waals surface area contributed by atoms with Crippen molar-refractivity contribution in [1.82, 2.24) is 4.98 Å². The average molecular weight is 272 g/mol. The molecule has 0 unspecified atom stereocenters. The third-order valence-electron chi connectivity index (χ3n) is 2.98. The van der Waals surface area contributed by atoms with Crippen LogP contribution in [-0.2, 0) is 6.42 Å². The van der Waals surface area contributed by atoms with Gasteiger partial charge in [0.05, 0.1) is 11.3 Å². The highest BCUT2D eigenvalue weighted by atomic mass is 35.5. The molecule has 96 valence electrons. The molecule has 1 aromatic heterocycles. The molecular formula is C15H14ClN3. The maximum atomic E-state index is 9.12. The SMILES string of the molecule is CN(CCc1ccncc1)c1cc(Cl)ccc1C#N. The Kier molecular flexibility index (Phi) is 4.38. The molecule has 0 atom stereocenters. The predicted octanol–water partition coefficient (Wildman–Crippen LogP) is 3.29. The smallest absolute Gasteiger partial charge is 0.101 e. The summed E-state index contributed by atoms with van der Waals surface area (Å²) in [6.07, 6.45) is 4.47. The van der Waals surface area contributed by atoms with E-state index in [4.69, 9.17) is 16.9 Å². The topological polar surface area (TPSA) is 39.9 Å². The third-order valence-corrected chi connectivity index (χ3v) is 3.21. The van der Waals surface area contributed by atoms with Crippen molar-refractivity contribution in [2.75, 3.05) is 18.5 Å². The van der Waals surface area contributed by atoms with Gasteiger partial charge >= 0.3 is 0 Å². The van der Waals surface area contributed by atoms with Crippen LogP contribution in [0.5, 0.6) is 0 Å². The number of hydrogen-bond acceptors (Lipinski definition) is 3. The van der Waals surface area contributed by atoms with Crippen molar-refractivity contribution in [2.45, 2.75) is 6.42 Å². The molecular weight excluding hydrogens is 258 g/mol. The molecule has 2 rings (SSSR count). The number of pyridine rings is 1. The molecule has 3 nitrogen and oxygen atoms in total. The Hall–Kier alpha value is -2.05. The van der Waals surface area contributed by atoms with Crippen LogP contribution in [0.25, 0.3) is 0 Å². The maximum absolute atomic E-state index is 9.12. The molecule has 0 saturated heterocycles. The summed E-state index contributed by atoms with van der Waals surface area (Å²) in [5.41, 5.74) is 2.73. The molecule has 0 aliphatic carbocycles. The Morgan fingerprint density at radius 1 is 1.26 bits per heavy atom. The molecule has 2 aromatic rings. The molecule has 0 aliphatic rings. The summed E-state index contributed by atoms with van der Waals surface area (Å²) in [4.78, 5) is 6.04. The van der Waals surface area contributed by atoms with Crippen LogP contribution >= 0.6 is 11.6 Å². The number of halogens is 1. The monoisotopic (exact) mass is 271 g/mol. The number of likely N-dealkylation sites (N-methyl/N-ethyl adjacent to an activating group) is 1. The molecule has 0 fully saturated rings. The van der Waals surface area contributed by atoms with Crippen LogP contribution in [0, 0.1) is 11.3 Å². The van der Waals surface area contributed by atoms with Gasteiger partial charge in [-0.2, -0.15) is 5.26 Å². The van der Waals surface area contributed by atoms with Crippen LogP contribution in [0.4, 0.5) is 5.69 Å². The van der Waals surface area contributed by atoms with E-state index < -0.39 is 0 Å². The van der Waals surface area contributed by atoms with Crippen molar-refractivity contribution in [3.63, 3.8) is 0 Å². The Labute approximate surface area is 118 Å². The van der Waals surface area contributed by atoms with Crippen molar-refractivity contribution >= 4 is 17.3 Å². The van der Waals surface area contributed by atoms with Gasteiger partial charge in [-0.1, -0.05) is 11.6 Å². The van der Waals surface area contributed by atoms with E-state index in [0.717, 1.165) is 18.7 Å². The minimum Gasteiger partial charge on any atom is -0.373 e. The second-order valence-corrected chi connectivity index (χ2v) is 4.74. The van der Waals surface area contributed by atoms with E-state index in [-0.39, 0.29) is 0 Å². The summed E-state index contributed by atoms with van der Waals surface area (Å²) in [5.74, 6) is 0. The van der Waals surface area contributed by atoms with Crippen molar-refractivity contribution in [1.29, 1.82) is 5.26 Å². The number of anilines is 1. The lowest BCUT2D eigenvalue weighted by molar-refractivity contribution is 0.873. The van der Waals surface area contributed by atoms with Gasteiger partial charge in [0.1, 0.15) is 6.07 Å². The summed E-state index contributed by atoms with van der Waals surface area (Å²) >= 11 is 5.99. The first kappa shape index (κ1) is 13.4. The van der Waals surface area contributed by atoms with Gasteiger partial charge in [-0.25, -0.2) is 0 Å². The van der Waals surface area contributed by atoms with E-state index in [9.17, 15) is 0 Å². The molecule has 1 aromatic carbocycles. The van der Waals surface area contributed by atoms with Crippen LogP contribution < -0.4 is 4.90 Å². The van der Waals surface area contributed by atoms with E-state index in [2.05, 4.69) is 11.1 Å². The molecule has 19 heavy (non-hydrogen) atoms. The molecule has 1 heterocycles. The lowest BCUT2D eigenvalue weighted by Crippen LogP contribution is -2.21. The second-order valence-electron chi connectivity index (χ2n) is 4.30. The van der Waals surface area contributed by atoms with Crippen LogP contribution in [0.1, 0.15) is 11.1 Å². The molecule has 0 spiro atoms. The minimum atomic E-state index is 0.640. The first-order chi connectivity index (χ1) is 9.20. The lowest BCUT2D eigenvalue weighted by Gasteiger charge is -2.20. The average Bonchev–Trinajstić information content (AvgIpc) is 2.46. The summed E-state index contributed by atoms with van der Waals surface area (Å²) in [7, 11) is 1.97. The number of benzene rings is 1. The maximum Gasteiger partial charge on any atom is 0.101 e. The standard InChI is InChI=1S/C15H14ClN3/c1-19(9-6-12-4-7-18-8-5-12)15-10-14(16)3-2-13(15)11-17/h2-5,7-8,10H,6,9H2,1H3. The summed E-state index contributed by atoms with van der Waals surface area (Å²) < 4.78 is 0. The molecule has 0 amide bonds. The number of aromatic nitrogens is 1. The Bertz CT molecular complexity index is 590. The fourth-order valence-corrected chi connectivity index (χ4v) is 2.05. The van der Waals surface area contributed by atoms with Crippen molar-refractivity contribution < 1.29 is 0 Å². The zero-order valence-corrected chi connectivity index (χ0v) is 11.4. The lowest BCUT2D eigenvalue weighted by atomic mass is 10.1. The van der Waals surface area contributed by atoms with Crippen LogP contribution in [0.15, 0.2) is 42.7 Å². The first-order valence-electron chi connectivity index (χ1n) is 6.00. The number of nitrogens with zero attached hydrogens (tertiary/aromatic N) is 3. The zero-order chi connectivity index (χ0) is 13.7. The van der Waals surface area contributed by atoms with E-state index in [0.29, 0.717) is 10.6 Å². The summed E-state index contributed by atoms with van der Waals surface area (Å²) in [6, 6.07) is 11.5. The van der Waals surface area contributed by atoms with Gasteiger partial charge in [0, 0.05) is 31.0 Å². The van der Waals surface area contributed by atoms with E-state index >= 15 is 0 Å². The largest absolute Gasteiger partial charge is 0.373 e. The third kappa shape index (κ3) is 3.46. The Balaban J connectivity index is 2.10. The summed E-state index contributed by atoms with van der Waals surface area (Å²) in [6.45, 7) is 0.818. The van der Waals surface area contributed by atoms with Crippen LogP contribution in [0.3, 0.4) is 0 Å². The van der Waals surface area contributed by atoms with Crippen LogP contribution in [0.2, 0.25) is 5.02 Å². The van der Waals surface area contributed by atoms with Gasteiger partial charge < -0.3 is 4.90 Å². The minimum absolute atomic E-state index is 0.640. The first-order valence-corrected chi connectivity index (χ1v) is 6.38. The van der Waals surface area contributed by atoms with Crippen molar-refractivity contribution in [2.24, 2.45) is 0 Å². The van der Waals surface area contributed by atoms with Crippen LogP contribution in [-0.4, -0.2) is 18.6 Å². The van der Waals surface area contributed by atoms with Gasteiger partial charge in [0.2, 0.25) is 0 Å². The second kappa shape index (κ2) is 6.21. The number of hydrogen-bond donors (Lipinski definition) is 0.